The molecule has 0 atom stereocenters. The highest BCUT2D eigenvalue weighted by molar-refractivity contribution is 6.49. The summed E-state index contributed by atoms with van der Waals surface area (Å²) in [6.45, 7) is 0. The maximum atomic E-state index is 12.8. The molecule has 0 amide bonds. The average molecular weight is 421 g/mol. The third kappa shape index (κ3) is 4.45. The number of carbonyl (C=O) groups is 2. The molecule has 0 fully saturated rings. The molecule has 0 spiro atoms. The van der Waals surface area contributed by atoms with Crippen molar-refractivity contribution in [2.45, 2.75) is 0 Å². The number of para-hydroxylation sites is 1. The number of nitro benzene ring substituents is 1. The number of nitrogen functional groups attached to an aromatic ring is 1. The van der Waals surface area contributed by atoms with Crippen molar-refractivity contribution < 1.29 is 24.0 Å². The Morgan fingerprint density at radius 1 is 0.903 bits per heavy atom. The van der Waals surface area contributed by atoms with Crippen molar-refractivity contribution in [3.8, 4) is 11.5 Å². The minimum atomic E-state index is -0.720. The number of methoxy groups -OCH3 is 2. The monoisotopic (exact) mass is 421 g/mol. The van der Waals surface area contributed by atoms with Crippen LogP contribution in [-0.2, 0) is 0 Å². The van der Waals surface area contributed by atoms with Gasteiger partial charge in [-0.05, 0) is 48.5 Å². The van der Waals surface area contributed by atoms with E-state index in [0.717, 1.165) is 0 Å². The number of Topliss-reactive ketones (excluding diaryl/α,β-unsaturated/α-hetero) is 2. The zero-order valence-electron chi connectivity index (χ0n) is 16.7. The van der Waals surface area contributed by atoms with Crippen LogP contribution in [0.1, 0.15) is 20.7 Å². The van der Waals surface area contributed by atoms with E-state index < -0.39 is 16.5 Å². The highest BCUT2D eigenvalue weighted by Crippen LogP contribution is 2.35. The standard InChI is InChI=1S/C22H19N3O6/c1-30-15-9-6-13(7-10-15)21(26)22(27)14-8-11-19(31-2)17(12-14)24-16-4-3-5-18(20(16)23)25(28)29/h3-12,24H,23H2,1-2H3. The van der Waals surface area contributed by atoms with E-state index >= 15 is 0 Å². The van der Waals surface area contributed by atoms with Crippen LogP contribution in [0.2, 0.25) is 0 Å². The van der Waals surface area contributed by atoms with Gasteiger partial charge < -0.3 is 20.5 Å². The normalized spacial score (nSPS) is 10.3. The molecule has 0 saturated heterocycles. The molecule has 3 N–H and O–H groups in total. The van der Waals surface area contributed by atoms with Crippen LogP contribution in [0.3, 0.4) is 0 Å². The molecule has 0 heterocycles. The molecule has 0 aromatic heterocycles. The van der Waals surface area contributed by atoms with Crippen LogP contribution in [0.5, 0.6) is 11.5 Å². The van der Waals surface area contributed by atoms with Gasteiger partial charge in [0.25, 0.3) is 5.69 Å². The van der Waals surface area contributed by atoms with Crippen LogP contribution < -0.4 is 20.5 Å². The van der Waals surface area contributed by atoms with E-state index in [1.165, 1.54) is 56.7 Å². The molecule has 3 aromatic carbocycles. The minimum Gasteiger partial charge on any atom is -0.497 e. The lowest BCUT2D eigenvalue weighted by Gasteiger charge is -2.14. The third-order valence-electron chi connectivity index (χ3n) is 4.57. The first-order valence-electron chi connectivity index (χ1n) is 9.06. The Morgan fingerprint density at radius 2 is 1.55 bits per heavy atom. The van der Waals surface area contributed by atoms with Gasteiger partial charge in [-0.2, -0.15) is 0 Å². The van der Waals surface area contributed by atoms with Crippen molar-refractivity contribution in [1.29, 1.82) is 0 Å². The van der Waals surface area contributed by atoms with E-state index in [9.17, 15) is 19.7 Å². The van der Waals surface area contributed by atoms with Crippen molar-refractivity contribution in [2.24, 2.45) is 0 Å². The highest BCUT2D eigenvalue weighted by atomic mass is 16.6. The molecule has 0 bridgehead atoms. The lowest BCUT2D eigenvalue weighted by molar-refractivity contribution is -0.383. The molecule has 0 unspecified atom stereocenters. The third-order valence-corrected chi connectivity index (χ3v) is 4.57. The largest absolute Gasteiger partial charge is 0.497 e. The fourth-order valence-electron chi connectivity index (χ4n) is 2.92. The Labute approximate surface area is 177 Å². The summed E-state index contributed by atoms with van der Waals surface area (Å²) in [5.41, 5.74) is 6.49. The number of nitrogens with one attached hydrogen (secondary N) is 1. The molecule has 0 saturated carbocycles. The van der Waals surface area contributed by atoms with Gasteiger partial charge in [-0.25, -0.2) is 0 Å². The second-order valence-corrected chi connectivity index (χ2v) is 6.42. The second kappa shape index (κ2) is 8.95. The lowest BCUT2D eigenvalue weighted by atomic mass is 10.0. The maximum Gasteiger partial charge on any atom is 0.294 e. The number of anilines is 3. The van der Waals surface area contributed by atoms with Crippen LogP contribution >= 0.6 is 0 Å². The van der Waals surface area contributed by atoms with Gasteiger partial charge >= 0.3 is 0 Å². The van der Waals surface area contributed by atoms with Gasteiger partial charge in [0, 0.05) is 17.2 Å². The summed E-state index contributed by atoms with van der Waals surface area (Å²) in [5.74, 6) is -0.481. The first kappa shape index (κ1) is 21.3. The number of ether oxygens (including phenoxy) is 2. The average Bonchev–Trinajstić information content (AvgIpc) is 2.79. The molecule has 0 aliphatic carbocycles. The summed E-state index contributed by atoms with van der Waals surface area (Å²) in [6.07, 6.45) is 0. The van der Waals surface area contributed by atoms with Crippen molar-refractivity contribution in [3.05, 3.63) is 81.9 Å². The van der Waals surface area contributed by atoms with Gasteiger partial charge in [0.2, 0.25) is 11.6 Å². The van der Waals surface area contributed by atoms with Crippen molar-refractivity contribution >= 4 is 34.3 Å². The first-order chi connectivity index (χ1) is 14.8. The zero-order valence-corrected chi connectivity index (χ0v) is 16.7. The number of nitrogens with zero attached hydrogens (tertiary/aromatic N) is 1. The fourth-order valence-corrected chi connectivity index (χ4v) is 2.92. The Balaban J connectivity index is 1.93. The number of hydrogen-bond acceptors (Lipinski definition) is 8. The quantitative estimate of drug-likeness (QED) is 0.183. The van der Waals surface area contributed by atoms with E-state index in [4.69, 9.17) is 15.2 Å². The van der Waals surface area contributed by atoms with E-state index in [0.29, 0.717) is 17.2 Å². The molecule has 0 radical (unpaired) electrons. The number of ketones is 2. The molecular weight excluding hydrogens is 402 g/mol. The Kier molecular flexibility index (Phi) is 6.15. The number of nitrogens with two attached hydrogens (primary N) is 1. The SMILES string of the molecule is COc1ccc(C(=O)C(=O)c2ccc(OC)c(Nc3cccc([N+](=O)[O-])c3N)c2)cc1. The van der Waals surface area contributed by atoms with Gasteiger partial charge in [-0.1, -0.05) is 6.07 Å². The number of benzene rings is 3. The molecule has 9 heteroatoms. The van der Waals surface area contributed by atoms with Gasteiger partial charge in [0.1, 0.15) is 17.2 Å². The molecule has 0 aliphatic rings. The highest BCUT2D eigenvalue weighted by Gasteiger charge is 2.21. The van der Waals surface area contributed by atoms with Gasteiger partial charge in [-0.15, -0.1) is 0 Å². The summed E-state index contributed by atoms with van der Waals surface area (Å²) in [7, 11) is 2.93. The summed E-state index contributed by atoms with van der Waals surface area (Å²) < 4.78 is 10.3. The van der Waals surface area contributed by atoms with Crippen LogP contribution in [0.25, 0.3) is 0 Å². The van der Waals surface area contributed by atoms with Crippen LogP contribution in [-0.4, -0.2) is 30.7 Å². The summed E-state index contributed by atoms with van der Waals surface area (Å²) in [6, 6.07) is 14.9. The van der Waals surface area contributed by atoms with Crippen LogP contribution in [0.15, 0.2) is 60.7 Å². The molecule has 3 rings (SSSR count). The van der Waals surface area contributed by atoms with E-state index in [2.05, 4.69) is 5.32 Å². The van der Waals surface area contributed by atoms with Gasteiger partial charge in [0.05, 0.1) is 30.5 Å². The summed E-state index contributed by atoms with van der Waals surface area (Å²) >= 11 is 0. The molecular formula is C22H19N3O6. The summed E-state index contributed by atoms with van der Waals surface area (Å²) in [5, 5.41) is 14.1. The van der Waals surface area contributed by atoms with Crippen LogP contribution in [0, 0.1) is 10.1 Å². The molecule has 9 nitrogen and oxygen atoms in total. The Hall–Kier alpha value is -4.40. The van der Waals surface area contributed by atoms with Crippen molar-refractivity contribution in [1.82, 2.24) is 0 Å². The van der Waals surface area contributed by atoms with Crippen LogP contribution in [0.4, 0.5) is 22.7 Å². The minimum absolute atomic E-state index is 0.0689. The number of rotatable bonds is 8. The van der Waals surface area contributed by atoms with E-state index in [-0.39, 0.29) is 28.2 Å². The molecule has 0 aliphatic heterocycles. The van der Waals surface area contributed by atoms with Crippen molar-refractivity contribution in [2.75, 3.05) is 25.3 Å². The molecule has 31 heavy (non-hydrogen) atoms. The van der Waals surface area contributed by atoms with E-state index in [1.807, 2.05) is 0 Å². The number of nitro groups is 1. The first-order valence-corrected chi connectivity index (χ1v) is 9.06. The fraction of sp³-hybridized carbons (Fsp3) is 0.0909. The maximum absolute atomic E-state index is 12.8. The summed E-state index contributed by atoms with van der Waals surface area (Å²) in [4.78, 5) is 35.9. The second-order valence-electron chi connectivity index (χ2n) is 6.42. The smallest absolute Gasteiger partial charge is 0.294 e. The predicted molar refractivity (Wildman–Crippen MR) is 115 cm³/mol. The number of carbonyl (C=O) groups excluding carboxylic acids is 2. The predicted octanol–water partition coefficient (Wildman–Crippen LogP) is 4.00. The van der Waals surface area contributed by atoms with Gasteiger partial charge in [0.15, 0.2) is 0 Å². The topological polar surface area (TPSA) is 134 Å². The Morgan fingerprint density at radius 3 is 2.16 bits per heavy atom. The lowest BCUT2D eigenvalue weighted by Crippen LogP contribution is -2.15. The molecule has 3 aromatic rings. The Bertz CT molecular complexity index is 1160. The zero-order chi connectivity index (χ0) is 22.5. The number of hydrogen-bond donors (Lipinski definition) is 2. The molecule has 158 valence electrons. The van der Waals surface area contributed by atoms with Crippen molar-refractivity contribution in [3.63, 3.8) is 0 Å². The van der Waals surface area contributed by atoms with E-state index in [1.54, 1.807) is 18.2 Å². The van der Waals surface area contributed by atoms with Gasteiger partial charge in [-0.3, -0.25) is 19.7 Å².